The predicted molar refractivity (Wildman–Crippen MR) is 83.4 cm³/mol. The van der Waals surface area contributed by atoms with Gasteiger partial charge in [0.25, 0.3) is 0 Å². The van der Waals surface area contributed by atoms with Crippen LogP contribution in [0.15, 0.2) is 50.6 Å². The molecule has 0 amide bonds. The fourth-order valence-corrected chi connectivity index (χ4v) is 4.32. The molecule has 2 heterocycles. The van der Waals surface area contributed by atoms with Gasteiger partial charge in [-0.05, 0) is 37.2 Å². The Morgan fingerprint density at radius 3 is 2.50 bits per heavy atom. The Labute approximate surface area is 137 Å². The first-order valence-corrected chi connectivity index (χ1v) is 8.90. The van der Waals surface area contributed by atoms with E-state index >= 15 is 0 Å². The Morgan fingerprint density at radius 1 is 1.00 bits per heavy atom. The predicted octanol–water partition coefficient (Wildman–Crippen LogP) is 3.19. The fourth-order valence-electron chi connectivity index (χ4n) is 3.00. The summed E-state index contributed by atoms with van der Waals surface area (Å²) < 4.78 is 57.7. The number of nitrogens with one attached hydrogen (secondary N) is 1. The van der Waals surface area contributed by atoms with Gasteiger partial charge in [0.1, 0.15) is 23.0 Å². The van der Waals surface area contributed by atoms with Gasteiger partial charge < -0.3 is 9.73 Å². The highest BCUT2D eigenvalue weighted by atomic mass is 32.2. The monoisotopic (exact) mass is 349 g/mol. The second kappa shape index (κ2) is 5.39. The van der Waals surface area contributed by atoms with Gasteiger partial charge in [-0.15, -0.1) is 0 Å². The Hall–Kier alpha value is -2.25. The van der Waals surface area contributed by atoms with Crippen LogP contribution < -0.4 is 5.32 Å². The number of sulfone groups is 1. The van der Waals surface area contributed by atoms with E-state index in [0.29, 0.717) is 18.2 Å². The molecule has 1 aliphatic rings. The van der Waals surface area contributed by atoms with Crippen LogP contribution >= 0.6 is 0 Å². The number of hydrogen-bond donors (Lipinski definition) is 1. The number of halogens is 2. The lowest BCUT2D eigenvalue weighted by Gasteiger charge is -2.10. The van der Waals surface area contributed by atoms with Crippen LogP contribution in [-0.4, -0.2) is 15.0 Å². The lowest BCUT2D eigenvalue weighted by Crippen LogP contribution is -2.22. The molecular weight excluding hydrogens is 336 g/mol. The minimum atomic E-state index is -4.03. The fraction of sp³-hybridized carbons (Fsp3) is 0.176. The van der Waals surface area contributed by atoms with Crippen LogP contribution in [0.25, 0.3) is 11.0 Å². The van der Waals surface area contributed by atoms with Gasteiger partial charge >= 0.3 is 0 Å². The molecule has 0 radical (unpaired) electrons. The van der Waals surface area contributed by atoms with Crippen LogP contribution in [0, 0.1) is 11.6 Å². The zero-order valence-corrected chi connectivity index (χ0v) is 13.3. The topological polar surface area (TPSA) is 59.3 Å². The first kappa shape index (κ1) is 15.3. The largest absolute Gasteiger partial charge is 0.459 e. The Kier molecular flexibility index (Phi) is 3.43. The molecule has 7 heteroatoms. The number of furan rings is 1. The summed E-state index contributed by atoms with van der Waals surface area (Å²) in [6.07, 6.45) is 0.809. The summed E-state index contributed by atoms with van der Waals surface area (Å²) in [6, 6.07) is 6.78. The van der Waals surface area contributed by atoms with Crippen LogP contribution in [0.3, 0.4) is 0 Å². The number of benzene rings is 2. The Balaban J connectivity index is 1.86. The molecule has 4 rings (SSSR count). The number of rotatable bonds is 2. The van der Waals surface area contributed by atoms with E-state index in [1.165, 1.54) is 12.1 Å². The maximum absolute atomic E-state index is 13.4. The summed E-state index contributed by atoms with van der Waals surface area (Å²) in [5, 5.41) is 4.06. The van der Waals surface area contributed by atoms with Crippen molar-refractivity contribution in [1.82, 2.24) is 5.32 Å². The molecule has 0 saturated carbocycles. The van der Waals surface area contributed by atoms with Gasteiger partial charge in [-0.1, -0.05) is 0 Å². The lowest BCUT2D eigenvalue weighted by molar-refractivity contribution is 0.487. The molecule has 1 aromatic heterocycles. The number of fused-ring (bicyclic) bond motifs is 3. The van der Waals surface area contributed by atoms with Gasteiger partial charge in [-0.25, -0.2) is 17.2 Å². The molecule has 124 valence electrons. The van der Waals surface area contributed by atoms with E-state index in [-0.39, 0.29) is 4.90 Å². The molecule has 3 aromatic rings. The molecule has 0 bridgehead atoms. The number of hydrogen-bond acceptors (Lipinski definition) is 4. The van der Waals surface area contributed by atoms with Crippen LogP contribution in [0.2, 0.25) is 0 Å². The molecule has 4 nitrogen and oxygen atoms in total. The third-order valence-electron chi connectivity index (χ3n) is 4.14. The standard InChI is InChI=1S/C17H13F2NO3S/c18-10-5-11(19)7-13(6-10)24(21,22)12-1-2-14-15-3-4-20-9-17(15)23-16(14)8-12/h1-2,5-8,20H,3-4,9H2. The minimum Gasteiger partial charge on any atom is -0.459 e. The van der Waals surface area contributed by atoms with Crippen LogP contribution in [0.5, 0.6) is 0 Å². The highest BCUT2D eigenvalue weighted by molar-refractivity contribution is 7.91. The van der Waals surface area contributed by atoms with E-state index in [9.17, 15) is 17.2 Å². The van der Waals surface area contributed by atoms with E-state index in [1.807, 2.05) is 0 Å². The molecule has 0 atom stereocenters. The van der Waals surface area contributed by atoms with E-state index in [4.69, 9.17) is 4.42 Å². The Morgan fingerprint density at radius 2 is 1.75 bits per heavy atom. The van der Waals surface area contributed by atoms with Crippen molar-refractivity contribution in [3.05, 3.63) is 59.4 Å². The third kappa shape index (κ3) is 2.40. The van der Waals surface area contributed by atoms with Gasteiger partial charge in [-0.3, -0.25) is 0 Å². The van der Waals surface area contributed by atoms with Gasteiger partial charge in [-0.2, -0.15) is 0 Å². The second-order valence-electron chi connectivity index (χ2n) is 5.70. The molecule has 1 N–H and O–H groups in total. The molecule has 0 aliphatic carbocycles. The summed E-state index contributed by atoms with van der Waals surface area (Å²) in [4.78, 5) is -0.476. The summed E-state index contributed by atoms with van der Waals surface area (Å²) in [7, 11) is -4.03. The molecular formula is C17H13F2NO3S. The van der Waals surface area contributed by atoms with Crippen molar-refractivity contribution in [1.29, 1.82) is 0 Å². The van der Waals surface area contributed by atoms with Crippen molar-refractivity contribution in [2.24, 2.45) is 0 Å². The van der Waals surface area contributed by atoms with Gasteiger partial charge in [0.2, 0.25) is 9.84 Å². The lowest BCUT2D eigenvalue weighted by atomic mass is 10.1. The Bertz CT molecular complexity index is 1040. The highest BCUT2D eigenvalue weighted by Gasteiger charge is 2.23. The van der Waals surface area contributed by atoms with Crippen molar-refractivity contribution in [3.63, 3.8) is 0 Å². The molecule has 2 aromatic carbocycles. The van der Waals surface area contributed by atoms with Gasteiger partial charge in [0.05, 0.1) is 16.3 Å². The SMILES string of the molecule is O=S(=O)(c1cc(F)cc(F)c1)c1ccc2c3c(oc2c1)CNCC3. The van der Waals surface area contributed by atoms with Gasteiger partial charge in [0, 0.05) is 23.1 Å². The van der Waals surface area contributed by atoms with E-state index < -0.39 is 26.4 Å². The summed E-state index contributed by atoms with van der Waals surface area (Å²) in [6.45, 7) is 1.44. The maximum Gasteiger partial charge on any atom is 0.206 e. The molecule has 24 heavy (non-hydrogen) atoms. The average Bonchev–Trinajstić information content (AvgIpc) is 2.91. The zero-order chi connectivity index (χ0) is 16.9. The van der Waals surface area contributed by atoms with E-state index in [0.717, 1.165) is 41.8 Å². The molecule has 0 spiro atoms. The van der Waals surface area contributed by atoms with E-state index in [2.05, 4.69) is 5.32 Å². The van der Waals surface area contributed by atoms with Crippen LogP contribution in [-0.2, 0) is 22.8 Å². The van der Waals surface area contributed by atoms with Crippen LogP contribution in [0.4, 0.5) is 8.78 Å². The molecule has 0 fully saturated rings. The second-order valence-corrected chi connectivity index (χ2v) is 7.65. The van der Waals surface area contributed by atoms with Crippen molar-refractivity contribution in [3.8, 4) is 0 Å². The maximum atomic E-state index is 13.4. The van der Waals surface area contributed by atoms with Crippen molar-refractivity contribution in [2.75, 3.05) is 6.54 Å². The normalized spacial score (nSPS) is 14.8. The summed E-state index contributed by atoms with van der Waals surface area (Å²) in [5.74, 6) is -1.08. The summed E-state index contributed by atoms with van der Waals surface area (Å²) >= 11 is 0. The summed E-state index contributed by atoms with van der Waals surface area (Å²) in [5.41, 5.74) is 1.53. The van der Waals surface area contributed by atoms with Crippen molar-refractivity contribution < 1.29 is 21.6 Å². The molecule has 1 aliphatic heterocycles. The van der Waals surface area contributed by atoms with E-state index in [1.54, 1.807) is 6.07 Å². The van der Waals surface area contributed by atoms with Crippen molar-refractivity contribution in [2.45, 2.75) is 22.8 Å². The highest BCUT2D eigenvalue weighted by Crippen LogP contribution is 2.32. The first-order chi connectivity index (χ1) is 11.4. The molecule has 0 saturated heterocycles. The zero-order valence-electron chi connectivity index (χ0n) is 12.5. The smallest absolute Gasteiger partial charge is 0.206 e. The minimum absolute atomic E-state index is 0.0564. The quantitative estimate of drug-likeness (QED) is 0.772. The van der Waals surface area contributed by atoms with Crippen LogP contribution in [0.1, 0.15) is 11.3 Å². The average molecular weight is 349 g/mol. The van der Waals surface area contributed by atoms with Crippen molar-refractivity contribution >= 4 is 20.8 Å². The van der Waals surface area contributed by atoms with Gasteiger partial charge in [0.15, 0.2) is 0 Å². The first-order valence-electron chi connectivity index (χ1n) is 7.41. The molecule has 0 unspecified atom stereocenters. The third-order valence-corrected chi connectivity index (χ3v) is 5.87.